The molecular formula is C18H19N5O. The lowest BCUT2D eigenvalue weighted by Gasteiger charge is -2.31. The summed E-state index contributed by atoms with van der Waals surface area (Å²) in [6, 6.07) is 6.19. The Morgan fingerprint density at radius 3 is 2.75 bits per heavy atom. The molecule has 4 rings (SSSR count). The monoisotopic (exact) mass is 321 g/mol. The van der Waals surface area contributed by atoms with Gasteiger partial charge >= 0.3 is 0 Å². The molecule has 3 aromatic heterocycles. The Kier molecular flexibility index (Phi) is 3.72. The molecule has 1 saturated heterocycles. The summed E-state index contributed by atoms with van der Waals surface area (Å²) in [7, 11) is 0. The molecule has 24 heavy (non-hydrogen) atoms. The van der Waals surface area contributed by atoms with Crippen LogP contribution in [0.1, 0.15) is 40.6 Å². The van der Waals surface area contributed by atoms with Crippen LogP contribution in [-0.4, -0.2) is 43.8 Å². The van der Waals surface area contributed by atoms with Gasteiger partial charge in [-0.05, 0) is 38.0 Å². The van der Waals surface area contributed by atoms with Crippen LogP contribution in [0.2, 0.25) is 0 Å². The van der Waals surface area contributed by atoms with Crippen LogP contribution in [0.15, 0.2) is 36.8 Å². The highest BCUT2D eigenvalue weighted by Gasteiger charge is 2.26. The summed E-state index contributed by atoms with van der Waals surface area (Å²) in [5.41, 5.74) is 3.39. The van der Waals surface area contributed by atoms with Gasteiger partial charge in [-0.3, -0.25) is 9.78 Å². The van der Waals surface area contributed by atoms with Crippen LogP contribution in [0.25, 0.3) is 11.0 Å². The number of H-pyrrole nitrogens is 1. The second-order valence-electron chi connectivity index (χ2n) is 6.28. The molecule has 6 heteroatoms. The number of aromatic amines is 1. The fraction of sp³-hybridized carbons (Fsp3) is 0.333. The third kappa shape index (κ3) is 2.75. The van der Waals surface area contributed by atoms with Crippen molar-refractivity contribution < 1.29 is 4.79 Å². The van der Waals surface area contributed by atoms with Gasteiger partial charge in [0.25, 0.3) is 5.91 Å². The first-order valence-electron chi connectivity index (χ1n) is 8.22. The lowest BCUT2D eigenvalue weighted by Crippen LogP contribution is -2.38. The van der Waals surface area contributed by atoms with E-state index in [1.54, 1.807) is 18.6 Å². The van der Waals surface area contributed by atoms with Crippen molar-refractivity contribution in [1.82, 2.24) is 24.8 Å². The Bertz CT molecular complexity index is 830. The number of likely N-dealkylation sites (tertiary alicyclic amines) is 1. The highest BCUT2D eigenvalue weighted by atomic mass is 16.2. The molecule has 0 bridgehead atoms. The number of piperidine rings is 1. The van der Waals surface area contributed by atoms with Crippen molar-refractivity contribution in [2.75, 3.05) is 13.1 Å². The van der Waals surface area contributed by atoms with Crippen molar-refractivity contribution in [1.29, 1.82) is 0 Å². The maximum absolute atomic E-state index is 12.5. The zero-order valence-corrected chi connectivity index (χ0v) is 13.6. The van der Waals surface area contributed by atoms with Gasteiger partial charge in [-0.25, -0.2) is 9.97 Å². The smallest absolute Gasteiger partial charge is 0.274 e. The van der Waals surface area contributed by atoms with Crippen LogP contribution in [0, 0.1) is 6.92 Å². The molecular weight excluding hydrogens is 302 g/mol. The van der Waals surface area contributed by atoms with Gasteiger partial charge in [-0.2, -0.15) is 0 Å². The molecule has 0 atom stereocenters. The lowest BCUT2D eigenvalue weighted by atomic mass is 9.93. The first kappa shape index (κ1) is 14.8. The van der Waals surface area contributed by atoms with Crippen molar-refractivity contribution in [2.45, 2.75) is 25.7 Å². The summed E-state index contributed by atoms with van der Waals surface area (Å²) in [5, 5.41) is 1.14. The minimum Gasteiger partial charge on any atom is -0.343 e. The first-order chi connectivity index (χ1) is 11.7. The molecule has 0 unspecified atom stereocenters. The minimum absolute atomic E-state index is 0.0285. The van der Waals surface area contributed by atoms with Gasteiger partial charge in [0, 0.05) is 42.5 Å². The Hall–Kier alpha value is -2.76. The van der Waals surface area contributed by atoms with Crippen LogP contribution in [0.4, 0.5) is 0 Å². The first-order valence-corrected chi connectivity index (χ1v) is 8.22. The number of nitrogens with one attached hydrogen (secondary N) is 1. The summed E-state index contributed by atoms with van der Waals surface area (Å²) < 4.78 is 0. The maximum Gasteiger partial charge on any atom is 0.274 e. The molecule has 0 aromatic carbocycles. The van der Waals surface area contributed by atoms with Gasteiger partial charge in [0.2, 0.25) is 0 Å². The summed E-state index contributed by atoms with van der Waals surface area (Å²) in [4.78, 5) is 30.5. The minimum atomic E-state index is -0.0285. The van der Waals surface area contributed by atoms with Crippen LogP contribution in [-0.2, 0) is 0 Å². The molecule has 1 aliphatic rings. The molecule has 6 nitrogen and oxygen atoms in total. The molecule has 0 aliphatic carbocycles. The third-order valence-electron chi connectivity index (χ3n) is 4.63. The topological polar surface area (TPSA) is 74.8 Å². The number of pyridine rings is 1. The quantitative estimate of drug-likeness (QED) is 0.787. The third-order valence-corrected chi connectivity index (χ3v) is 4.63. The van der Waals surface area contributed by atoms with Crippen molar-refractivity contribution in [3.05, 3.63) is 53.9 Å². The number of rotatable bonds is 2. The second-order valence-corrected chi connectivity index (χ2v) is 6.28. The molecule has 3 aromatic rings. The number of hydrogen-bond donors (Lipinski definition) is 1. The van der Waals surface area contributed by atoms with Gasteiger partial charge in [0.05, 0.1) is 11.9 Å². The number of fused-ring (bicyclic) bond motifs is 1. The van der Waals surface area contributed by atoms with Crippen molar-refractivity contribution in [3.8, 4) is 0 Å². The van der Waals surface area contributed by atoms with Gasteiger partial charge in [-0.1, -0.05) is 0 Å². The van der Waals surface area contributed by atoms with E-state index < -0.39 is 0 Å². The Morgan fingerprint density at radius 2 is 2.04 bits per heavy atom. The zero-order valence-electron chi connectivity index (χ0n) is 13.6. The van der Waals surface area contributed by atoms with Crippen LogP contribution >= 0.6 is 0 Å². The van der Waals surface area contributed by atoms with Crippen molar-refractivity contribution in [3.63, 3.8) is 0 Å². The van der Waals surface area contributed by atoms with E-state index >= 15 is 0 Å². The van der Waals surface area contributed by atoms with E-state index in [0.717, 1.165) is 42.7 Å². The van der Waals surface area contributed by atoms with Crippen LogP contribution < -0.4 is 0 Å². The second kappa shape index (κ2) is 6.03. The predicted molar refractivity (Wildman–Crippen MR) is 90.7 cm³/mol. The largest absolute Gasteiger partial charge is 0.343 e. The van der Waals surface area contributed by atoms with E-state index in [2.05, 4.69) is 32.1 Å². The number of carbonyl (C=O) groups is 1. The van der Waals surface area contributed by atoms with Gasteiger partial charge in [-0.15, -0.1) is 0 Å². The molecule has 0 spiro atoms. The summed E-state index contributed by atoms with van der Waals surface area (Å²) in [6.45, 7) is 3.34. The molecule has 1 N–H and O–H groups in total. The number of aryl methyl sites for hydroxylation is 1. The summed E-state index contributed by atoms with van der Waals surface area (Å²) in [5.74, 6) is 0.409. The SMILES string of the molecule is Cc1cnc(C(=O)N2CCC(c3cc4cccnc4[nH]3)CC2)cn1. The van der Waals surface area contributed by atoms with Gasteiger partial charge < -0.3 is 9.88 Å². The van der Waals surface area contributed by atoms with E-state index in [-0.39, 0.29) is 5.91 Å². The van der Waals surface area contributed by atoms with Crippen LogP contribution in [0.3, 0.4) is 0 Å². The van der Waals surface area contributed by atoms with Crippen LogP contribution in [0.5, 0.6) is 0 Å². The molecule has 122 valence electrons. The summed E-state index contributed by atoms with van der Waals surface area (Å²) in [6.07, 6.45) is 6.88. The predicted octanol–water partition coefficient (Wildman–Crippen LogP) is 2.68. The van der Waals surface area contributed by atoms with Gasteiger partial charge in [0.15, 0.2) is 0 Å². The van der Waals surface area contributed by atoms with E-state index in [0.29, 0.717) is 11.6 Å². The van der Waals surface area contributed by atoms with E-state index in [1.807, 2.05) is 17.9 Å². The molecule has 1 aliphatic heterocycles. The summed E-state index contributed by atoms with van der Waals surface area (Å²) >= 11 is 0. The Labute approximate surface area is 140 Å². The van der Waals surface area contributed by atoms with E-state index in [1.165, 1.54) is 5.69 Å². The molecule has 1 amide bonds. The normalized spacial score (nSPS) is 15.8. The number of hydrogen-bond acceptors (Lipinski definition) is 4. The van der Waals surface area contributed by atoms with Crippen molar-refractivity contribution in [2.24, 2.45) is 0 Å². The number of amides is 1. The number of carbonyl (C=O) groups excluding carboxylic acids is 1. The number of aromatic nitrogens is 4. The van der Waals surface area contributed by atoms with E-state index in [4.69, 9.17) is 0 Å². The average molecular weight is 321 g/mol. The van der Waals surface area contributed by atoms with Crippen molar-refractivity contribution >= 4 is 16.9 Å². The highest BCUT2D eigenvalue weighted by molar-refractivity contribution is 5.92. The fourth-order valence-electron chi connectivity index (χ4n) is 3.26. The lowest BCUT2D eigenvalue weighted by molar-refractivity contribution is 0.0705. The Balaban J connectivity index is 1.44. The number of nitrogens with zero attached hydrogens (tertiary/aromatic N) is 4. The van der Waals surface area contributed by atoms with Gasteiger partial charge in [0.1, 0.15) is 11.3 Å². The molecule has 1 fully saturated rings. The highest BCUT2D eigenvalue weighted by Crippen LogP contribution is 2.29. The zero-order chi connectivity index (χ0) is 16.5. The Morgan fingerprint density at radius 1 is 1.21 bits per heavy atom. The maximum atomic E-state index is 12.5. The fourth-order valence-corrected chi connectivity index (χ4v) is 3.26. The standard InChI is InChI=1S/C18H19N5O/c1-12-10-21-16(11-20-12)18(24)23-7-4-13(5-8-23)15-9-14-3-2-6-19-17(14)22-15/h2-3,6,9-11,13H,4-5,7-8H2,1H3,(H,19,22). The average Bonchev–Trinajstić information content (AvgIpc) is 3.06. The molecule has 0 radical (unpaired) electrons. The molecule has 0 saturated carbocycles. The van der Waals surface area contributed by atoms with E-state index in [9.17, 15) is 4.79 Å². The molecule has 4 heterocycles.